The van der Waals surface area contributed by atoms with E-state index in [9.17, 15) is 0 Å². The lowest BCUT2D eigenvalue weighted by molar-refractivity contribution is -0.0218. The molecule has 0 amide bonds. The van der Waals surface area contributed by atoms with E-state index < -0.39 is 0 Å². The summed E-state index contributed by atoms with van der Waals surface area (Å²) in [5, 5.41) is 2.19. The highest BCUT2D eigenvalue weighted by Crippen LogP contribution is 2.15. The van der Waals surface area contributed by atoms with Crippen molar-refractivity contribution >= 4 is 0 Å². The number of rotatable bonds is 6. The number of nitrogens with two attached hydrogens (primary N) is 1. The summed E-state index contributed by atoms with van der Waals surface area (Å²) < 4.78 is 10.7. The van der Waals surface area contributed by atoms with Crippen LogP contribution >= 0.6 is 0 Å². The van der Waals surface area contributed by atoms with Crippen LogP contribution in [0.5, 0.6) is 0 Å². The Morgan fingerprint density at radius 1 is 1.44 bits per heavy atom. The molecule has 5 nitrogen and oxygen atoms in total. The maximum absolute atomic E-state index is 5.78. The highest BCUT2D eigenvalue weighted by Gasteiger charge is 2.23. The molecule has 1 rings (SSSR count). The van der Waals surface area contributed by atoms with Crippen LogP contribution in [-0.4, -0.2) is 56.6 Å². The van der Waals surface area contributed by atoms with Crippen LogP contribution in [0.2, 0.25) is 0 Å². The Kier molecular flexibility index (Phi) is 5.64. The summed E-state index contributed by atoms with van der Waals surface area (Å²) in [4.78, 5) is 0. The molecule has 1 unspecified atom stereocenters. The molecule has 1 heterocycles. The minimum atomic E-state index is -0.136. The standard InChI is InChI=1S/C11H25N3O2/c1-11(2,15-3)8-10(9-12)13-14-4-6-16-7-5-14/h10,13H,4-9,12H2,1-3H3. The zero-order valence-electron chi connectivity index (χ0n) is 10.7. The predicted octanol–water partition coefficient (Wildman–Crippen LogP) is -0.0344. The Hall–Kier alpha value is -0.200. The van der Waals surface area contributed by atoms with E-state index in [1.54, 1.807) is 7.11 Å². The van der Waals surface area contributed by atoms with E-state index in [1.165, 1.54) is 0 Å². The zero-order valence-corrected chi connectivity index (χ0v) is 10.7. The van der Waals surface area contributed by atoms with Crippen molar-refractivity contribution in [3.63, 3.8) is 0 Å². The second kappa shape index (κ2) is 6.51. The van der Waals surface area contributed by atoms with E-state index in [1.807, 2.05) is 0 Å². The van der Waals surface area contributed by atoms with Crippen LogP contribution in [0, 0.1) is 0 Å². The smallest absolute Gasteiger partial charge is 0.0638 e. The first-order valence-electron chi connectivity index (χ1n) is 5.91. The van der Waals surface area contributed by atoms with E-state index in [4.69, 9.17) is 15.2 Å². The first kappa shape index (κ1) is 13.9. The van der Waals surface area contributed by atoms with Crippen LogP contribution in [0.15, 0.2) is 0 Å². The number of hydrazine groups is 1. The fraction of sp³-hybridized carbons (Fsp3) is 1.00. The fourth-order valence-corrected chi connectivity index (χ4v) is 1.81. The van der Waals surface area contributed by atoms with Gasteiger partial charge in [0.05, 0.1) is 18.8 Å². The van der Waals surface area contributed by atoms with Crippen LogP contribution in [0.4, 0.5) is 0 Å². The molecule has 0 spiro atoms. The molecule has 1 aliphatic rings. The first-order valence-corrected chi connectivity index (χ1v) is 5.91. The second-order valence-corrected chi connectivity index (χ2v) is 4.83. The minimum Gasteiger partial charge on any atom is -0.379 e. The van der Waals surface area contributed by atoms with Gasteiger partial charge in [-0.1, -0.05) is 0 Å². The molecule has 0 saturated carbocycles. The number of hydrogen-bond donors (Lipinski definition) is 2. The lowest BCUT2D eigenvalue weighted by Gasteiger charge is -2.34. The summed E-state index contributed by atoms with van der Waals surface area (Å²) in [6.45, 7) is 8.20. The van der Waals surface area contributed by atoms with Gasteiger partial charge in [0.1, 0.15) is 0 Å². The molecular formula is C11H25N3O2. The lowest BCUT2D eigenvalue weighted by Crippen LogP contribution is -2.54. The Morgan fingerprint density at radius 3 is 2.56 bits per heavy atom. The Balaban J connectivity index is 2.35. The van der Waals surface area contributed by atoms with Crippen LogP contribution < -0.4 is 11.2 Å². The molecule has 1 fully saturated rings. The van der Waals surface area contributed by atoms with Gasteiger partial charge in [-0.05, 0) is 20.3 Å². The Morgan fingerprint density at radius 2 is 2.06 bits per heavy atom. The third kappa shape index (κ3) is 4.76. The normalized spacial score (nSPS) is 21.0. The van der Waals surface area contributed by atoms with E-state index >= 15 is 0 Å². The van der Waals surface area contributed by atoms with Crippen molar-refractivity contribution in [1.29, 1.82) is 0 Å². The van der Waals surface area contributed by atoms with Gasteiger partial charge in [0.2, 0.25) is 0 Å². The minimum absolute atomic E-state index is 0.136. The number of methoxy groups -OCH3 is 1. The maximum Gasteiger partial charge on any atom is 0.0638 e. The molecule has 0 radical (unpaired) electrons. The van der Waals surface area contributed by atoms with Crippen LogP contribution in [-0.2, 0) is 9.47 Å². The number of nitrogens with one attached hydrogen (secondary N) is 1. The molecule has 0 aromatic carbocycles. The summed E-state index contributed by atoms with van der Waals surface area (Å²) >= 11 is 0. The topological polar surface area (TPSA) is 59.8 Å². The van der Waals surface area contributed by atoms with E-state index in [0.717, 1.165) is 32.7 Å². The fourth-order valence-electron chi connectivity index (χ4n) is 1.81. The summed E-state index contributed by atoms with van der Waals surface area (Å²) in [5.74, 6) is 0. The van der Waals surface area contributed by atoms with Gasteiger partial charge in [-0.15, -0.1) is 0 Å². The van der Waals surface area contributed by atoms with Gasteiger partial charge in [-0.2, -0.15) is 0 Å². The summed E-state index contributed by atoms with van der Waals surface area (Å²) in [5.41, 5.74) is 9.08. The quantitative estimate of drug-likeness (QED) is 0.672. The summed E-state index contributed by atoms with van der Waals surface area (Å²) in [7, 11) is 1.74. The molecule has 1 saturated heterocycles. The van der Waals surface area contributed by atoms with Crippen LogP contribution in [0.1, 0.15) is 20.3 Å². The lowest BCUT2D eigenvalue weighted by atomic mass is 9.99. The van der Waals surface area contributed by atoms with Crippen molar-refractivity contribution < 1.29 is 9.47 Å². The zero-order chi connectivity index (χ0) is 12.0. The van der Waals surface area contributed by atoms with Crippen molar-refractivity contribution in [2.45, 2.75) is 31.9 Å². The SMILES string of the molecule is COC(C)(C)CC(CN)NN1CCOCC1. The average molecular weight is 231 g/mol. The van der Waals surface area contributed by atoms with Crippen LogP contribution in [0.3, 0.4) is 0 Å². The van der Waals surface area contributed by atoms with Crippen molar-refractivity contribution in [1.82, 2.24) is 10.4 Å². The van der Waals surface area contributed by atoms with Gasteiger partial charge in [-0.25, -0.2) is 5.01 Å². The number of hydrogen-bond acceptors (Lipinski definition) is 5. The number of morpholine rings is 1. The van der Waals surface area contributed by atoms with E-state index in [0.29, 0.717) is 6.54 Å². The first-order chi connectivity index (χ1) is 7.57. The Labute approximate surface area is 98.2 Å². The summed E-state index contributed by atoms with van der Waals surface area (Å²) in [6.07, 6.45) is 0.900. The molecular weight excluding hydrogens is 206 g/mol. The number of ether oxygens (including phenoxy) is 2. The molecule has 3 N–H and O–H groups in total. The van der Waals surface area contributed by atoms with E-state index in [-0.39, 0.29) is 11.6 Å². The largest absolute Gasteiger partial charge is 0.379 e. The van der Waals surface area contributed by atoms with Gasteiger partial charge in [-0.3, -0.25) is 5.43 Å². The molecule has 0 aromatic rings. The molecule has 1 atom stereocenters. The third-order valence-electron chi connectivity index (χ3n) is 2.95. The second-order valence-electron chi connectivity index (χ2n) is 4.83. The predicted molar refractivity (Wildman–Crippen MR) is 64.1 cm³/mol. The average Bonchev–Trinajstić information content (AvgIpc) is 2.29. The molecule has 0 aromatic heterocycles. The highest BCUT2D eigenvalue weighted by molar-refractivity contribution is 4.78. The Bertz CT molecular complexity index is 194. The van der Waals surface area contributed by atoms with Crippen LogP contribution in [0.25, 0.3) is 0 Å². The third-order valence-corrected chi connectivity index (χ3v) is 2.95. The van der Waals surface area contributed by atoms with Crippen molar-refractivity contribution in [2.24, 2.45) is 5.73 Å². The van der Waals surface area contributed by atoms with Crippen molar-refractivity contribution in [3.8, 4) is 0 Å². The molecule has 1 aliphatic heterocycles. The van der Waals surface area contributed by atoms with Crippen molar-refractivity contribution in [2.75, 3.05) is 40.0 Å². The van der Waals surface area contributed by atoms with Gasteiger partial charge in [0.25, 0.3) is 0 Å². The van der Waals surface area contributed by atoms with Gasteiger partial charge >= 0.3 is 0 Å². The number of nitrogens with zero attached hydrogens (tertiary/aromatic N) is 1. The molecule has 0 aliphatic carbocycles. The monoisotopic (exact) mass is 231 g/mol. The van der Waals surface area contributed by atoms with Gasteiger partial charge in [0.15, 0.2) is 0 Å². The van der Waals surface area contributed by atoms with Gasteiger partial charge in [0, 0.05) is 32.8 Å². The van der Waals surface area contributed by atoms with Gasteiger partial charge < -0.3 is 15.2 Å². The van der Waals surface area contributed by atoms with Crippen molar-refractivity contribution in [3.05, 3.63) is 0 Å². The molecule has 96 valence electrons. The highest BCUT2D eigenvalue weighted by atomic mass is 16.5. The molecule has 0 bridgehead atoms. The molecule has 5 heteroatoms. The maximum atomic E-state index is 5.78. The van der Waals surface area contributed by atoms with E-state index in [2.05, 4.69) is 24.3 Å². The summed E-state index contributed by atoms with van der Waals surface area (Å²) in [6, 6.07) is 0.257. The molecule has 16 heavy (non-hydrogen) atoms.